The fraction of sp³-hybridized carbons (Fsp3) is 0.529. The molecule has 3 rings (SSSR count). The Bertz CT molecular complexity index is 528. The molecule has 1 saturated heterocycles. The Morgan fingerprint density at radius 3 is 2.71 bits per heavy atom. The number of methoxy groups -OCH3 is 1. The number of rotatable bonds is 1. The van der Waals surface area contributed by atoms with Crippen LogP contribution in [-0.2, 0) is 9.53 Å². The zero-order valence-electron chi connectivity index (χ0n) is 12.3. The topological polar surface area (TPSA) is 46.6 Å². The molecule has 0 N–H and O–H groups in total. The first-order chi connectivity index (χ1) is 10.2. The molecule has 4 nitrogen and oxygen atoms in total. The summed E-state index contributed by atoms with van der Waals surface area (Å²) >= 11 is 0. The van der Waals surface area contributed by atoms with Crippen LogP contribution in [0, 0.1) is 5.92 Å². The highest BCUT2D eigenvalue weighted by atomic mass is 16.5. The first-order valence-corrected chi connectivity index (χ1v) is 7.64. The number of Topliss-reactive ketones (excluding diaryl/α,β-unsaturated/α-hetero) is 1. The SMILES string of the molecule is COC(=O)N1C[C@H](c2ccccc2)[C@H]2C(=O)CCCC[C@@H]21. The zero-order chi connectivity index (χ0) is 14.8. The quantitative estimate of drug-likeness (QED) is 0.797. The van der Waals surface area contributed by atoms with Crippen molar-refractivity contribution in [3.05, 3.63) is 35.9 Å². The lowest BCUT2D eigenvalue weighted by molar-refractivity contribution is -0.123. The summed E-state index contributed by atoms with van der Waals surface area (Å²) in [6.45, 7) is 0.581. The second-order valence-electron chi connectivity index (χ2n) is 5.94. The number of nitrogens with zero attached hydrogens (tertiary/aromatic N) is 1. The molecule has 1 aliphatic heterocycles. The molecule has 1 aromatic carbocycles. The molecule has 0 unspecified atom stereocenters. The minimum atomic E-state index is -0.307. The van der Waals surface area contributed by atoms with E-state index >= 15 is 0 Å². The van der Waals surface area contributed by atoms with Crippen LogP contribution in [0.5, 0.6) is 0 Å². The standard InChI is InChI=1S/C17H21NO3/c1-21-17(20)18-11-13(12-7-3-2-4-8-12)16-14(18)9-5-6-10-15(16)19/h2-4,7-8,13-14,16H,5-6,9-11H2,1H3/t13-,14+,16-/m1/s1. The predicted octanol–water partition coefficient (Wildman–Crippen LogP) is 2.98. The van der Waals surface area contributed by atoms with Gasteiger partial charge in [0, 0.05) is 30.8 Å². The monoisotopic (exact) mass is 287 g/mol. The molecule has 21 heavy (non-hydrogen) atoms. The maximum absolute atomic E-state index is 12.6. The number of likely N-dealkylation sites (tertiary alicyclic amines) is 1. The number of carbonyl (C=O) groups excluding carboxylic acids is 2. The number of benzene rings is 1. The van der Waals surface area contributed by atoms with Gasteiger partial charge in [-0.15, -0.1) is 0 Å². The Balaban J connectivity index is 1.96. The van der Waals surface area contributed by atoms with Gasteiger partial charge in [-0.2, -0.15) is 0 Å². The van der Waals surface area contributed by atoms with Gasteiger partial charge in [-0.05, 0) is 18.4 Å². The summed E-state index contributed by atoms with van der Waals surface area (Å²) in [6, 6.07) is 10.1. The van der Waals surface area contributed by atoms with Crippen molar-refractivity contribution in [2.24, 2.45) is 5.92 Å². The van der Waals surface area contributed by atoms with E-state index in [0.29, 0.717) is 18.7 Å². The average Bonchev–Trinajstić information content (AvgIpc) is 2.81. The molecule has 0 radical (unpaired) electrons. The first-order valence-electron chi connectivity index (χ1n) is 7.64. The summed E-state index contributed by atoms with van der Waals surface area (Å²) in [5.74, 6) is 0.327. The van der Waals surface area contributed by atoms with E-state index in [9.17, 15) is 9.59 Å². The number of hydrogen-bond donors (Lipinski definition) is 0. The lowest BCUT2D eigenvalue weighted by Gasteiger charge is -2.25. The van der Waals surface area contributed by atoms with Crippen LogP contribution in [0.2, 0.25) is 0 Å². The summed E-state index contributed by atoms with van der Waals surface area (Å²) in [5, 5.41) is 0. The Morgan fingerprint density at radius 2 is 2.00 bits per heavy atom. The summed E-state index contributed by atoms with van der Waals surface area (Å²) in [7, 11) is 1.41. The predicted molar refractivity (Wildman–Crippen MR) is 79.0 cm³/mol. The summed E-state index contributed by atoms with van der Waals surface area (Å²) < 4.78 is 4.92. The number of ether oxygens (including phenoxy) is 1. The van der Waals surface area contributed by atoms with Crippen molar-refractivity contribution >= 4 is 11.9 Å². The molecule has 2 aliphatic rings. The van der Waals surface area contributed by atoms with E-state index in [2.05, 4.69) is 12.1 Å². The number of ketones is 1. The maximum Gasteiger partial charge on any atom is 0.409 e. The van der Waals surface area contributed by atoms with Crippen LogP contribution in [0.1, 0.15) is 37.2 Å². The zero-order valence-corrected chi connectivity index (χ0v) is 12.3. The van der Waals surface area contributed by atoms with Crippen LogP contribution in [0.4, 0.5) is 4.79 Å². The Labute approximate surface area is 125 Å². The molecular formula is C17H21NO3. The van der Waals surface area contributed by atoms with Gasteiger partial charge < -0.3 is 9.64 Å². The van der Waals surface area contributed by atoms with Crippen molar-refractivity contribution in [1.82, 2.24) is 4.90 Å². The van der Waals surface area contributed by atoms with E-state index in [4.69, 9.17) is 4.74 Å². The van der Waals surface area contributed by atoms with Crippen molar-refractivity contribution in [2.75, 3.05) is 13.7 Å². The van der Waals surface area contributed by atoms with Crippen LogP contribution in [0.3, 0.4) is 0 Å². The molecule has 1 saturated carbocycles. The van der Waals surface area contributed by atoms with E-state index in [-0.39, 0.29) is 24.0 Å². The Morgan fingerprint density at radius 1 is 1.24 bits per heavy atom. The number of fused-ring (bicyclic) bond motifs is 1. The van der Waals surface area contributed by atoms with Gasteiger partial charge in [0.1, 0.15) is 5.78 Å². The van der Waals surface area contributed by atoms with Gasteiger partial charge in [-0.25, -0.2) is 4.79 Å². The molecule has 0 bridgehead atoms. The second kappa shape index (κ2) is 5.88. The van der Waals surface area contributed by atoms with Crippen molar-refractivity contribution < 1.29 is 14.3 Å². The second-order valence-corrected chi connectivity index (χ2v) is 5.94. The van der Waals surface area contributed by atoms with Crippen LogP contribution in [0.25, 0.3) is 0 Å². The average molecular weight is 287 g/mol. The molecule has 1 aromatic rings. The van der Waals surface area contributed by atoms with Crippen LogP contribution in [-0.4, -0.2) is 36.5 Å². The highest BCUT2D eigenvalue weighted by Crippen LogP contribution is 2.42. The Hall–Kier alpha value is -1.84. The van der Waals surface area contributed by atoms with Crippen molar-refractivity contribution in [3.8, 4) is 0 Å². The highest BCUT2D eigenvalue weighted by molar-refractivity contribution is 5.85. The van der Waals surface area contributed by atoms with Gasteiger partial charge in [0.25, 0.3) is 0 Å². The third-order valence-electron chi connectivity index (χ3n) is 4.82. The molecule has 0 aromatic heterocycles. The normalized spacial score (nSPS) is 28.9. The van der Waals surface area contributed by atoms with E-state index in [1.807, 2.05) is 18.2 Å². The minimum Gasteiger partial charge on any atom is -0.453 e. The molecule has 4 heteroatoms. The van der Waals surface area contributed by atoms with Gasteiger partial charge in [-0.1, -0.05) is 36.8 Å². The van der Waals surface area contributed by atoms with Crippen molar-refractivity contribution in [3.63, 3.8) is 0 Å². The van der Waals surface area contributed by atoms with Crippen molar-refractivity contribution in [2.45, 2.75) is 37.6 Å². The van der Waals surface area contributed by atoms with E-state index in [1.165, 1.54) is 7.11 Å². The fourth-order valence-electron chi connectivity index (χ4n) is 3.86. The number of amides is 1. The van der Waals surface area contributed by atoms with Crippen LogP contribution >= 0.6 is 0 Å². The van der Waals surface area contributed by atoms with Gasteiger partial charge in [0.05, 0.1) is 7.11 Å². The lowest BCUT2D eigenvalue weighted by Crippen LogP contribution is -2.38. The number of carbonyl (C=O) groups is 2. The molecule has 1 amide bonds. The molecule has 1 aliphatic carbocycles. The molecule has 1 heterocycles. The summed E-state index contributed by atoms with van der Waals surface area (Å²) in [6.07, 6.45) is 3.16. The largest absolute Gasteiger partial charge is 0.453 e. The van der Waals surface area contributed by atoms with Gasteiger partial charge in [-0.3, -0.25) is 4.79 Å². The molecule has 112 valence electrons. The highest BCUT2D eigenvalue weighted by Gasteiger charge is 2.48. The molecule has 2 fully saturated rings. The minimum absolute atomic E-state index is 0.00217. The van der Waals surface area contributed by atoms with Crippen LogP contribution in [0.15, 0.2) is 30.3 Å². The van der Waals surface area contributed by atoms with Gasteiger partial charge in [0.2, 0.25) is 0 Å². The number of hydrogen-bond acceptors (Lipinski definition) is 3. The smallest absolute Gasteiger partial charge is 0.409 e. The molecule has 0 spiro atoms. The lowest BCUT2D eigenvalue weighted by atomic mass is 9.82. The molecular weight excluding hydrogens is 266 g/mol. The van der Waals surface area contributed by atoms with Crippen LogP contribution < -0.4 is 0 Å². The van der Waals surface area contributed by atoms with E-state index < -0.39 is 0 Å². The van der Waals surface area contributed by atoms with E-state index in [1.54, 1.807) is 4.90 Å². The third kappa shape index (κ3) is 2.55. The van der Waals surface area contributed by atoms with Gasteiger partial charge >= 0.3 is 6.09 Å². The van der Waals surface area contributed by atoms with Crippen molar-refractivity contribution in [1.29, 1.82) is 0 Å². The maximum atomic E-state index is 12.6. The van der Waals surface area contributed by atoms with Gasteiger partial charge in [0.15, 0.2) is 0 Å². The van der Waals surface area contributed by atoms with E-state index in [0.717, 1.165) is 24.8 Å². The molecule has 3 atom stereocenters. The third-order valence-corrected chi connectivity index (χ3v) is 4.82. The Kier molecular flexibility index (Phi) is 3.95. The fourth-order valence-corrected chi connectivity index (χ4v) is 3.86. The first kappa shape index (κ1) is 14.1. The summed E-state index contributed by atoms with van der Waals surface area (Å²) in [4.78, 5) is 26.4. The summed E-state index contributed by atoms with van der Waals surface area (Å²) in [5.41, 5.74) is 1.15.